The van der Waals surface area contributed by atoms with Crippen LogP contribution in [-0.4, -0.2) is 30.3 Å². The molecule has 0 saturated carbocycles. The molecule has 2 aromatic rings. The minimum Gasteiger partial charge on any atom is -0.462 e. The highest BCUT2D eigenvalue weighted by molar-refractivity contribution is 6.06. The number of nitrogens with one attached hydrogen (secondary N) is 1. The third-order valence-corrected chi connectivity index (χ3v) is 3.36. The lowest BCUT2D eigenvalue weighted by Gasteiger charge is -2.04. The van der Waals surface area contributed by atoms with E-state index in [0.717, 1.165) is 11.2 Å². The Morgan fingerprint density at radius 3 is 2.67 bits per heavy atom. The molecule has 0 bridgehead atoms. The summed E-state index contributed by atoms with van der Waals surface area (Å²) in [6.07, 6.45) is -0.556. The van der Waals surface area contributed by atoms with Crippen molar-refractivity contribution in [2.45, 2.75) is 13.8 Å². The second-order valence-electron chi connectivity index (χ2n) is 4.56. The van der Waals surface area contributed by atoms with Crippen molar-refractivity contribution in [2.24, 2.45) is 7.05 Å². The molecule has 6 nitrogen and oxygen atoms in total. The fourth-order valence-corrected chi connectivity index (χ4v) is 2.23. The van der Waals surface area contributed by atoms with Gasteiger partial charge in [0.1, 0.15) is 5.75 Å². The van der Waals surface area contributed by atoms with Crippen molar-refractivity contribution >= 4 is 23.0 Å². The molecule has 112 valence electrons. The lowest BCUT2D eigenvalue weighted by atomic mass is 10.1. The van der Waals surface area contributed by atoms with Crippen LogP contribution in [0.3, 0.4) is 0 Å². The van der Waals surface area contributed by atoms with Crippen LogP contribution in [0, 0.1) is 6.92 Å². The van der Waals surface area contributed by atoms with E-state index in [1.165, 1.54) is 7.05 Å². The van der Waals surface area contributed by atoms with Gasteiger partial charge in [0.15, 0.2) is 0 Å². The molecule has 21 heavy (non-hydrogen) atoms. The number of esters is 1. The van der Waals surface area contributed by atoms with Gasteiger partial charge in [-0.2, -0.15) is 0 Å². The fraction of sp³-hybridized carbons (Fsp3) is 0.333. The largest absolute Gasteiger partial charge is 0.462 e. The monoisotopic (exact) mass is 290 g/mol. The van der Waals surface area contributed by atoms with Gasteiger partial charge in [-0.05, 0) is 32.0 Å². The molecule has 1 aromatic heterocycles. The molecule has 1 aromatic carbocycles. The zero-order chi connectivity index (χ0) is 15.6. The van der Waals surface area contributed by atoms with Gasteiger partial charge < -0.3 is 19.4 Å². The molecular formula is C15H18N2O4. The van der Waals surface area contributed by atoms with Crippen LogP contribution in [0.2, 0.25) is 0 Å². The number of ether oxygens (including phenoxy) is 2. The van der Waals surface area contributed by atoms with Crippen molar-refractivity contribution in [3.63, 3.8) is 0 Å². The van der Waals surface area contributed by atoms with Crippen molar-refractivity contribution in [3.8, 4) is 5.75 Å². The molecule has 2 rings (SSSR count). The predicted octanol–water partition coefficient (Wildman–Crippen LogP) is 2.38. The average molecular weight is 290 g/mol. The van der Waals surface area contributed by atoms with Crippen LogP contribution in [-0.2, 0) is 11.8 Å². The molecule has 1 heterocycles. The molecule has 0 aliphatic carbocycles. The van der Waals surface area contributed by atoms with E-state index in [0.29, 0.717) is 23.3 Å². The lowest BCUT2D eigenvalue weighted by molar-refractivity contribution is 0.0527. The zero-order valence-corrected chi connectivity index (χ0v) is 12.5. The first-order chi connectivity index (χ1) is 9.99. The average Bonchev–Trinajstić information content (AvgIpc) is 2.70. The van der Waals surface area contributed by atoms with Gasteiger partial charge in [-0.1, -0.05) is 0 Å². The Labute approximate surface area is 122 Å². The quantitative estimate of drug-likeness (QED) is 0.881. The van der Waals surface area contributed by atoms with E-state index in [1.54, 1.807) is 19.1 Å². The van der Waals surface area contributed by atoms with E-state index in [2.05, 4.69) is 5.32 Å². The fourth-order valence-electron chi connectivity index (χ4n) is 2.23. The summed E-state index contributed by atoms with van der Waals surface area (Å²) in [6.45, 7) is 3.92. The Morgan fingerprint density at radius 2 is 2.05 bits per heavy atom. The van der Waals surface area contributed by atoms with Crippen LogP contribution in [0.1, 0.15) is 23.0 Å². The molecule has 0 spiro atoms. The lowest BCUT2D eigenvalue weighted by Crippen LogP contribution is -2.21. The van der Waals surface area contributed by atoms with E-state index >= 15 is 0 Å². The van der Waals surface area contributed by atoms with Crippen LogP contribution in [0.4, 0.5) is 4.79 Å². The molecule has 0 aliphatic rings. The second-order valence-corrected chi connectivity index (χ2v) is 4.56. The van der Waals surface area contributed by atoms with Gasteiger partial charge in [-0.15, -0.1) is 0 Å². The summed E-state index contributed by atoms with van der Waals surface area (Å²) in [6, 6.07) is 5.17. The third kappa shape index (κ3) is 2.69. The van der Waals surface area contributed by atoms with Crippen LogP contribution in [0.15, 0.2) is 18.2 Å². The summed E-state index contributed by atoms with van der Waals surface area (Å²) in [4.78, 5) is 23.4. The molecule has 0 saturated heterocycles. The molecule has 0 fully saturated rings. The van der Waals surface area contributed by atoms with E-state index < -0.39 is 6.09 Å². The first-order valence-corrected chi connectivity index (χ1v) is 6.65. The summed E-state index contributed by atoms with van der Waals surface area (Å²) in [5.74, 6) is -0.00399. The first kappa shape index (κ1) is 14.9. The van der Waals surface area contributed by atoms with E-state index in [1.807, 2.05) is 24.6 Å². The van der Waals surface area contributed by atoms with Crippen LogP contribution < -0.4 is 10.1 Å². The number of amides is 1. The molecule has 6 heteroatoms. The number of aromatic nitrogens is 1. The van der Waals surface area contributed by atoms with Crippen LogP contribution in [0.5, 0.6) is 5.75 Å². The summed E-state index contributed by atoms with van der Waals surface area (Å²) >= 11 is 0. The number of carbonyl (C=O) groups is 2. The van der Waals surface area contributed by atoms with Crippen molar-refractivity contribution in [1.29, 1.82) is 0 Å². The molecular weight excluding hydrogens is 272 g/mol. The Balaban J connectivity index is 2.56. The normalized spacial score (nSPS) is 10.5. The molecule has 0 aliphatic heterocycles. The number of aryl methyl sites for hydroxylation is 1. The summed E-state index contributed by atoms with van der Waals surface area (Å²) in [7, 11) is 3.36. The minimum atomic E-state index is -0.556. The van der Waals surface area contributed by atoms with Gasteiger partial charge in [0.05, 0.1) is 12.2 Å². The topological polar surface area (TPSA) is 69.6 Å². The van der Waals surface area contributed by atoms with Crippen molar-refractivity contribution in [2.75, 3.05) is 13.7 Å². The van der Waals surface area contributed by atoms with Gasteiger partial charge in [0, 0.05) is 30.7 Å². The molecule has 0 radical (unpaired) electrons. The van der Waals surface area contributed by atoms with E-state index in [4.69, 9.17) is 9.47 Å². The third-order valence-electron chi connectivity index (χ3n) is 3.36. The SMILES string of the molecule is CCOC(=O)c1c(C)n(C)c2ccc(OC(=O)NC)cc12. The van der Waals surface area contributed by atoms with Gasteiger partial charge >= 0.3 is 12.1 Å². The second kappa shape index (κ2) is 5.87. The number of carbonyl (C=O) groups excluding carboxylic acids is 2. The van der Waals surface area contributed by atoms with Crippen LogP contribution in [0.25, 0.3) is 10.9 Å². The zero-order valence-electron chi connectivity index (χ0n) is 12.5. The molecule has 1 N–H and O–H groups in total. The van der Waals surface area contributed by atoms with E-state index in [-0.39, 0.29) is 5.97 Å². The molecule has 1 amide bonds. The van der Waals surface area contributed by atoms with Crippen molar-refractivity contribution < 1.29 is 19.1 Å². The highest BCUT2D eigenvalue weighted by atomic mass is 16.6. The number of fused-ring (bicyclic) bond motifs is 1. The number of hydrogen-bond acceptors (Lipinski definition) is 4. The van der Waals surface area contributed by atoms with Gasteiger partial charge in [-0.3, -0.25) is 0 Å². The van der Waals surface area contributed by atoms with E-state index in [9.17, 15) is 9.59 Å². The number of nitrogens with zero attached hydrogens (tertiary/aromatic N) is 1. The van der Waals surface area contributed by atoms with Crippen molar-refractivity contribution in [1.82, 2.24) is 9.88 Å². The molecule has 0 atom stereocenters. The Kier molecular flexibility index (Phi) is 4.16. The maximum atomic E-state index is 12.1. The summed E-state index contributed by atoms with van der Waals surface area (Å²) in [5, 5.41) is 3.08. The number of hydrogen-bond donors (Lipinski definition) is 1. The summed E-state index contributed by atoms with van der Waals surface area (Å²) in [5.41, 5.74) is 2.18. The Morgan fingerprint density at radius 1 is 1.33 bits per heavy atom. The van der Waals surface area contributed by atoms with Crippen molar-refractivity contribution in [3.05, 3.63) is 29.5 Å². The predicted molar refractivity (Wildman–Crippen MR) is 78.7 cm³/mol. The highest BCUT2D eigenvalue weighted by Crippen LogP contribution is 2.29. The Hall–Kier alpha value is -2.50. The van der Waals surface area contributed by atoms with Crippen LogP contribution >= 0.6 is 0 Å². The summed E-state index contributed by atoms with van der Waals surface area (Å²) < 4.78 is 12.1. The van der Waals surface area contributed by atoms with Gasteiger partial charge in [-0.25, -0.2) is 9.59 Å². The minimum absolute atomic E-state index is 0.309. The first-order valence-electron chi connectivity index (χ1n) is 6.65. The highest BCUT2D eigenvalue weighted by Gasteiger charge is 2.20. The Bertz CT molecular complexity index is 703. The number of benzene rings is 1. The smallest absolute Gasteiger partial charge is 0.412 e. The standard InChI is InChI=1S/C15H18N2O4/c1-5-20-14(18)13-9(2)17(4)12-7-6-10(8-11(12)13)21-15(19)16-3/h6-8H,5H2,1-4H3,(H,16,19). The van der Waals surface area contributed by atoms with Gasteiger partial charge in [0.25, 0.3) is 0 Å². The van der Waals surface area contributed by atoms with Gasteiger partial charge in [0.2, 0.25) is 0 Å². The maximum Gasteiger partial charge on any atom is 0.412 e. The maximum absolute atomic E-state index is 12.1. The number of rotatable bonds is 3. The molecule has 0 unspecified atom stereocenters.